The van der Waals surface area contributed by atoms with Crippen LogP contribution in [0.1, 0.15) is 28.3 Å². The van der Waals surface area contributed by atoms with Crippen LogP contribution in [-0.2, 0) is 42.1 Å². The molecule has 0 aliphatic carbocycles. The van der Waals surface area contributed by atoms with Crippen molar-refractivity contribution >= 4 is 27.6 Å². The molecule has 1 heterocycles. The lowest BCUT2D eigenvalue weighted by molar-refractivity contribution is -0.151. The Morgan fingerprint density at radius 1 is 1.11 bits per heavy atom. The van der Waals surface area contributed by atoms with Crippen LogP contribution in [0.25, 0.3) is 5.69 Å². The molecule has 0 saturated carbocycles. The van der Waals surface area contributed by atoms with E-state index in [4.69, 9.17) is 31.0 Å². The Bertz CT molecular complexity index is 1350. The van der Waals surface area contributed by atoms with Gasteiger partial charge in [0.15, 0.2) is 12.4 Å². The Balaban J connectivity index is 1.81. The van der Waals surface area contributed by atoms with Gasteiger partial charge >= 0.3 is 5.97 Å². The molecule has 1 aromatic heterocycles. The zero-order valence-corrected chi connectivity index (χ0v) is 22.0. The van der Waals surface area contributed by atoms with E-state index in [1.807, 2.05) is 32.0 Å². The Hall–Kier alpha value is -2.90. The van der Waals surface area contributed by atoms with E-state index in [1.165, 1.54) is 16.8 Å². The number of primary sulfonamides is 1. The first-order valence-electron chi connectivity index (χ1n) is 11.3. The number of carbonyl (C=O) groups is 1. The molecule has 0 amide bonds. The molecule has 0 unspecified atom stereocenters. The average molecular weight is 555 g/mol. The normalized spacial score (nSPS) is 11.6. The van der Waals surface area contributed by atoms with Crippen molar-refractivity contribution < 1.29 is 31.8 Å². The second kappa shape index (κ2) is 13.1. The summed E-state index contributed by atoms with van der Waals surface area (Å²) in [6.07, 6.45) is 0.302. The van der Waals surface area contributed by atoms with Gasteiger partial charge in [-0.25, -0.2) is 32.4 Å². The number of aryl methyl sites for hydroxylation is 2. The molecule has 0 aliphatic heterocycles. The van der Waals surface area contributed by atoms with Gasteiger partial charge in [0.25, 0.3) is 0 Å². The molecule has 0 atom stereocenters. The van der Waals surface area contributed by atoms with E-state index in [9.17, 15) is 17.6 Å². The van der Waals surface area contributed by atoms with Crippen molar-refractivity contribution in [1.82, 2.24) is 14.8 Å². The molecule has 0 radical (unpaired) electrons. The van der Waals surface area contributed by atoms with E-state index in [1.54, 1.807) is 0 Å². The minimum absolute atomic E-state index is 0.0296. The summed E-state index contributed by atoms with van der Waals surface area (Å²) in [5, 5.41) is 9.43. The van der Waals surface area contributed by atoms with Crippen LogP contribution in [0, 0.1) is 19.7 Å². The summed E-state index contributed by atoms with van der Waals surface area (Å²) in [6.45, 7) is 4.23. The van der Waals surface area contributed by atoms with Gasteiger partial charge < -0.3 is 14.2 Å². The molecule has 3 rings (SSSR count). The van der Waals surface area contributed by atoms with Gasteiger partial charge in [0, 0.05) is 12.3 Å². The summed E-state index contributed by atoms with van der Waals surface area (Å²) < 4.78 is 55.0. The third kappa shape index (κ3) is 8.30. The fraction of sp³-hybridized carbons (Fsp3) is 0.375. The molecule has 200 valence electrons. The van der Waals surface area contributed by atoms with E-state index >= 15 is 0 Å². The van der Waals surface area contributed by atoms with E-state index in [2.05, 4.69) is 10.1 Å². The number of halogens is 2. The summed E-state index contributed by atoms with van der Waals surface area (Å²) in [4.78, 5) is 16.1. The van der Waals surface area contributed by atoms with Crippen LogP contribution in [0.15, 0.2) is 41.3 Å². The lowest BCUT2D eigenvalue weighted by atomic mass is 10.0. The molecule has 0 aliphatic rings. The summed E-state index contributed by atoms with van der Waals surface area (Å²) in [5.41, 5.74) is 2.96. The van der Waals surface area contributed by atoms with Gasteiger partial charge in [-0.2, -0.15) is 0 Å². The van der Waals surface area contributed by atoms with E-state index in [0.29, 0.717) is 31.3 Å². The smallest absolute Gasteiger partial charge is 0.332 e. The predicted octanol–water partition coefficient (Wildman–Crippen LogP) is 2.58. The molecular weight excluding hydrogens is 527 g/mol. The molecule has 13 heteroatoms. The highest BCUT2D eigenvalue weighted by Crippen LogP contribution is 2.22. The maximum absolute atomic E-state index is 15.0. The van der Waals surface area contributed by atoms with Crippen LogP contribution < -0.4 is 5.14 Å². The van der Waals surface area contributed by atoms with Gasteiger partial charge in [-0.05, 0) is 43.2 Å². The van der Waals surface area contributed by atoms with Crippen molar-refractivity contribution in [2.45, 2.75) is 31.8 Å². The lowest BCUT2D eigenvalue weighted by Gasteiger charge is -2.10. The molecule has 2 N–H and O–H groups in total. The zero-order chi connectivity index (χ0) is 27.0. The van der Waals surface area contributed by atoms with E-state index in [0.717, 1.165) is 22.8 Å². The summed E-state index contributed by atoms with van der Waals surface area (Å²) >= 11 is 5.51. The number of ether oxygens (including phenoxy) is 3. The van der Waals surface area contributed by atoms with Crippen LogP contribution in [0.4, 0.5) is 4.39 Å². The highest BCUT2D eigenvalue weighted by atomic mass is 35.5. The number of sulfonamides is 1. The number of nitrogens with zero attached hydrogens (tertiary/aromatic N) is 3. The van der Waals surface area contributed by atoms with E-state index in [-0.39, 0.29) is 36.2 Å². The number of carbonyl (C=O) groups excluding carboxylic acids is 1. The number of benzene rings is 2. The topological polar surface area (TPSA) is 136 Å². The summed E-state index contributed by atoms with van der Waals surface area (Å²) in [6, 6.07) is 9.20. The van der Waals surface area contributed by atoms with Crippen molar-refractivity contribution in [2.24, 2.45) is 5.14 Å². The van der Waals surface area contributed by atoms with E-state index < -0.39 is 21.8 Å². The van der Waals surface area contributed by atoms with Crippen molar-refractivity contribution in [1.29, 1.82) is 0 Å². The third-order valence-electron chi connectivity index (χ3n) is 5.22. The molecule has 0 bridgehead atoms. The first-order chi connectivity index (χ1) is 17.6. The van der Waals surface area contributed by atoms with Gasteiger partial charge in [-0.3, -0.25) is 0 Å². The highest BCUT2D eigenvalue weighted by molar-refractivity contribution is 7.89. The second-order valence-electron chi connectivity index (χ2n) is 8.14. The van der Waals surface area contributed by atoms with Crippen molar-refractivity contribution in [3.05, 3.63) is 70.6 Å². The Morgan fingerprint density at radius 3 is 2.57 bits per heavy atom. The predicted molar refractivity (Wildman–Crippen MR) is 134 cm³/mol. The number of hydrogen-bond donors (Lipinski definition) is 1. The van der Waals surface area contributed by atoms with Crippen LogP contribution in [-0.4, -0.2) is 61.5 Å². The molecule has 10 nitrogen and oxygen atoms in total. The van der Waals surface area contributed by atoms with Crippen LogP contribution in [0.3, 0.4) is 0 Å². The third-order valence-corrected chi connectivity index (χ3v) is 6.29. The summed E-state index contributed by atoms with van der Waals surface area (Å²) in [5.74, 6) is -0.614. The highest BCUT2D eigenvalue weighted by Gasteiger charge is 2.19. The molecular formula is C24H28ClFN4O6S. The van der Waals surface area contributed by atoms with Crippen LogP contribution in [0.5, 0.6) is 0 Å². The molecule has 0 fully saturated rings. The van der Waals surface area contributed by atoms with Gasteiger partial charge in [-0.15, -0.1) is 16.7 Å². The van der Waals surface area contributed by atoms with Gasteiger partial charge in [-0.1, -0.05) is 23.8 Å². The number of nitrogens with two attached hydrogens (primary N) is 1. The molecule has 2 aromatic carbocycles. The lowest BCUT2D eigenvalue weighted by Crippen LogP contribution is -2.16. The van der Waals surface area contributed by atoms with Crippen molar-refractivity contribution in [2.75, 3.05) is 32.3 Å². The zero-order valence-electron chi connectivity index (χ0n) is 20.4. The second-order valence-corrected chi connectivity index (χ2v) is 10.1. The first-order valence-corrected chi connectivity index (χ1v) is 13.4. The maximum Gasteiger partial charge on any atom is 0.332 e. The van der Waals surface area contributed by atoms with Crippen LogP contribution >= 0.6 is 11.6 Å². The molecule has 3 aromatic rings. The molecule has 0 spiro atoms. The largest absolute Gasteiger partial charge is 0.456 e. The van der Waals surface area contributed by atoms with Crippen molar-refractivity contribution in [3.63, 3.8) is 0 Å². The molecule has 0 saturated heterocycles. The Morgan fingerprint density at radius 2 is 1.86 bits per heavy atom. The first kappa shape index (κ1) is 28.7. The number of hydrogen-bond acceptors (Lipinski definition) is 8. The van der Waals surface area contributed by atoms with Crippen molar-refractivity contribution in [3.8, 4) is 5.69 Å². The Kier molecular flexibility index (Phi) is 10.1. The fourth-order valence-corrected chi connectivity index (χ4v) is 4.01. The number of rotatable bonds is 13. The standard InChI is InChI=1S/C24H28ClFN4O6S/c1-16-3-4-17(2)18(11-16)12-23-28-22(14-36-24(31)15-35-10-9-34-8-7-25)29-30(23)21-6-5-19(13-20(21)26)37(27,32)33/h3-6,11,13H,7-10,12,14-15H2,1-2H3,(H2,27,32,33). The van der Waals surface area contributed by atoms with Crippen LogP contribution in [0.2, 0.25) is 0 Å². The minimum Gasteiger partial charge on any atom is -0.456 e. The van der Waals surface area contributed by atoms with Gasteiger partial charge in [0.05, 0.1) is 24.7 Å². The Labute approximate surface area is 219 Å². The number of aromatic nitrogens is 3. The van der Waals surface area contributed by atoms with Gasteiger partial charge in [0.1, 0.15) is 23.9 Å². The minimum atomic E-state index is -4.09. The number of alkyl halides is 1. The monoisotopic (exact) mass is 554 g/mol. The van der Waals surface area contributed by atoms with Gasteiger partial charge in [0.2, 0.25) is 10.0 Å². The fourth-order valence-electron chi connectivity index (χ4n) is 3.37. The average Bonchev–Trinajstić information content (AvgIpc) is 3.24. The number of esters is 1. The summed E-state index contributed by atoms with van der Waals surface area (Å²) in [7, 11) is -4.09. The maximum atomic E-state index is 15.0. The SMILES string of the molecule is Cc1ccc(C)c(Cc2nc(COC(=O)COCCOCCCl)nn2-c2ccc(S(N)(=O)=O)cc2F)c1. The quantitative estimate of drug-likeness (QED) is 0.193. The molecule has 37 heavy (non-hydrogen) atoms.